The Kier molecular flexibility index (Phi) is 3.09. The van der Waals surface area contributed by atoms with Crippen LogP contribution in [0.2, 0.25) is 5.02 Å². The minimum absolute atomic E-state index is 0.294. The molecule has 1 aromatic carbocycles. The van der Waals surface area contributed by atoms with Crippen LogP contribution in [0.5, 0.6) is 0 Å². The first-order valence-electron chi connectivity index (χ1n) is 3.77. The van der Waals surface area contributed by atoms with Crippen molar-refractivity contribution in [3.8, 4) is 0 Å². The lowest BCUT2D eigenvalue weighted by atomic mass is 10.1. The lowest BCUT2D eigenvalue weighted by Crippen LogP contribution is -1.95. The number of benzene rings is 1. The Hall–Kier alpha value is -1.28. The first-order valence-corrected chi connectivity index (χ1v) is 4.14. The fourth-order valence-corrected chi connectivity index (χ4v) is 1.11. The second-order valence-electron chi connectivity index (χ2n) is 2.69. The number of halogens is 1. The molecule has 0 saturated heterocycles. The van der Waals surface area contributed by atoms with E-state index in [9.17, 15) is 4.79 Å². The van der Waals surface area contributed by atoms with Crippen molar-refractivity contribution in [3.05, 3.63) is 40.4 Å². The normalized spacial score (nSPS) is 11.4. The van der Waals surface area contributed by atoms with Gasteiger partial charge in [-0.2, -0.15) is 0 Å². The molecule has 0 atom stereocenters. The molecule has 0 radical (unpaired) electrons. The molecule has 0 heterocycles. The smallest absolute Gasteiger partial charge is 0.331 e. The Morgan fingerprint density at radius 3 is 2.77 bits per heavy atom. The molecule has 2 nitrogen and oxygen atoms in total. The summed E-state index contributed by atoms with van der Waals surface area (Å²) in [4.78, 5) is 10.5. The van der Waals surface area contributed by atoms with Crippen LogP contribution in [0.3, 0.4) is 0 Å². The highest BCUT2D eigenvalue weighted by atomic mass is 35.5. The molecular weight excluding hydrogens is 188 g/mol. The first-order chi connectivity index (χ1) is 6.09. The van der Waals surface area contributed by atoms with Gasteiger partial charge in [-0.25, -0.2) is 4.79 Å². The van der Waals surface area contributed by atoms with Crippen LogP contribution in [-0.2, 0) is 4.79 Å². The molecule has 0 saturated carbocycles. The third-order valence-electron chi connectivity index (χ3n) is 1.57. The zero-order chi connectivity index (χ0) is 9.84. The number of carboxylic acid groups (broad SMARTS) is 1. The summed E-state index contributed by atoms with van der Waals surface area (Å²) >= 11 is 5.73. The van der Waals surface area contributed by atoms with E-state index < -0.39 is 5.97 Å². The summed E-state index contributed by atoms with van der Waals surface area (Å²) in [6, 6.07) is 7.05. The first kappa shape index (κ1) is 9.81. The minimum Gasteiger partial charge on any atom is -0.478 e. The Morgan fingerprint density at radius 1 is 1.54 bits per heavy atom. The van der Waals surface area contributed by atoms with Crippen molar-refractivity contribution < 1.29 is 9.90 Å². The third kappa shape index (κ3) is 2.92. The highest BCUT2D eigenvalue weighted by Gasteiger charge is 1.99. The van der Waals surface area contributed by atoms with Crippen molar-refractivity contribution in [3.63, 3.8) is 0 Å². The molecule has 1 N–H and O–H groups in total. The Labute approximate surface area is 81.5 Å². The van der Waals surface area contributed by atoms with Gasteiger partial charge in [0.05, 0.1) is 0 Å². The summed E-state index contributed by atoms with van der Waals surface area (Å²) in [7, 11) is 0. The van der Waals surface area contributed by atoms with Crippen LogP contribution in [0.25, 0.3) is 6.08 Å². The number of hydrogen-bond donors (Lipinski definition) is 1. The summed E-state index contributed by atoms with van der Waals surface area (Å²) in [5.41, 5.74) is 1.09. The van der Waals surface area contributed by atoms with Gasteiger partial charge in [0, 0.05) is 10.6 Å². The van der Waals surface area contributed by atoms with Gasteiger partial charge in [0.1, 0.15) is 0 Å². The van der Waals surface area contributed by atoms with Crippen molar-refractivity contribution in [2.75, 3.05) is 0 Å². The zero-order valence-electron chi connectivity index (χ0n) is 7.12. The quantitative estimate of drug-likeness (QED) is 0.739. The minimum atomic E-state index is -0.917. The largest absolute Gasteiger partial charge is 0.478 e. The highest BCUT2D eigenvalue weighted by Crippen LogP contribution is 2.13. The molecule has 0 aliphatic carbocycles. The van der Waals surface area contributed by atoms with Gasteiger partial charge < -0.3 is 5.11 Å². The average Bonchev–Trinajstić information content (AvgIpc) is 2.04. The summed E-state index contributed by atoms with van der Waals surface area (Å²) in [6.07, 6.45) is 1.58. The van der Waals surface area contributed by atoms with Crippen LogP contribution < -0.4 is 0 Å². The van der Waals surface area contributed by atoms with E-state index in [0.717, 1.165) is 5.56 Å². The van der Waals surface area contributed by atoms with E-state index in [1.165, 1.54) is 0 Å². The van der Waals surface area contributed by atoms with Gasteiger partial charge in [-0.1, -0.05) is 23.7 Å². The molecule has 0 amide bonds. The fourth-order valence-electron chi connectivity index (χ4n) is 0.908. The van der Waals surface area contributed by atoms with Gasteiger partial charge in [0.15, 0.2) is 0 Å². The van der Waals surface area contributed by atoms with Gasteiger partial charge in [0.25, 0.3) is 0 Å². The molecule has 13 heavy (non-hydrogen) atoms. The Morgan fingerprint density at radius 2 is 2.23 bits per heavy atom. The van der Waals surface area contributed by atoms with E-state index in [0.29, 0.717) is 10.6 Å². The maximum atomic E-state index is 10.5. The van der Waals surface area contributed by atoms with E-state index in [-0.39, 0.29) is 0 Å². The van der Waals surface area contributed by atoms with E-state index in [2.05, 4.69) is 0 Å². The van der Waals surface area contributed by atoms with Crippen molar-refractivity contribution in [1.82, 2.24) is 0 Å². The Bertz CT molecular complexity index is 356. The molecule has 0 aliphatic rings. The second-order valence-corrected chi connectivity index (χ2v) is 3.12. The lowest BCUT2D eigenvalue weighted by molar-refractivity contribution is -0.132. The van der Waals surface area contributed by atoms with Gasteiger partial charge >= 0.3 is 5.97 Å². The van der Waals surface area contributed by atoms with Gasteiger partial charge in [-0.3, -0.25) is 0 Å². The van der Waals surface area contributed by atoms with E-state index in [1.54, 1.807) is 37.3 Å². The molecule has 1 rings (SSSR count). The highest BCUT2D eigenvalue weighted by molar-refractivity contribution is 6.30. The zero-order valence-corrected chi connectivity index (χ0v) is 7.88. The lowest BCUT2D eigenvalue weighted by Gasteiger charge is -1.95. The predicted molar refractivity (Wildman–Crippen MR) is 52.7 cm³/mol. The van der Waals surface area contributed by atoms with Crippen LogP contribution >= 0.6 is 11.6 Å². The molecular formula is C10H9ClO2. The Balaban J connectivity index is 2.97. The standard InChI is InChI=1S/C10H9ClO2/c1-7(10(12)13)5-8-3-2-4-9(11)6-8/h2-6H,1H3,(H,12,13)/b7-5+. The predicted octanol–water partition coefficient (Wildman–Crippen LogP) is 2.83. The molecule has 0 spiro atoms. The summed E-state index contributed by atoms with van der Waals surface area (Å²) < 4.78 is 0. The molecule has 0 unspecified atom stereocenters. The fraction of sp³-hybridized carbons (Fsp3) is 0.100. The molecule has 1 aromatic rings. The van der Waals surface area contributed by atoms with Crippen LogP contribution in [0, 0.1) is 0 Å². The number of carbonyl (C=O) groups is 1. The van der Waals surface area contributed by atoms with E-state index >= 15 is 0 Å². The second kappa shape index (κ2) is 4.10. The van der Waals surface area contributed by atoms with Gasteiger partial charge in [-0.05, 0) is 30.7 Å². The monoisotopic (exact) mass is 196 g/mol. The number of rotatable bonds is 2. The SMILES string of the molecule is C/C(=C\c1cccc(Cl)c1)C(=O)O. The molecule has 0 fully saturated rings. The third-order valence-corrected chi connectivity index (χ3v) is 1.80. The number of carboxylic acids is 1. The average molecular weight is 197 g/mol. The van der Waals surface area contributed by atoms with Gasteiger partial charge in [0.2, 0.25) is 0 Å². The maximum absolute atomic E-state index is 10.5. The summed E-state index contributed by atoms with van der Waals surface area (Å²) in [6.45, 7) is 1.54. The summed E-state index contributed by atoms with van der Waals surface area (Å²) in [5.74, 6) is -0.917. The van der Waals surface area contributed by atoms with Gasteiger partial charge in [-0.15, -0.1) is 0 Å². The molecule has 0 bridgehead atoms. The van der Waals surface area contributed by atoms with Crippen LogP contribution in [0.1, 0.15) is 12.5 Å². The van der Waals surface area contributed by atoms with Crippen molar-refractivity contribution in [1.29, 1.82) is 0 Å². The molecule has 0 aromatic heterocycles. The molecule has 68 valence electrons. The topological polar surface area (TPSA) is 37.3 Å². The maximum Gasteiger partial charge on any atom is 0.331 e. The number of hydrogen-bond acceptors (Lipinski definition) is 1. The van der Waals surface area contributed by atoms with Crippen LogP contribution in [-0.4, -0.2) is 11.1 Å². The number of aliphatic carboxylic acids is 1. The molecule has 0 aliphatic heterocycles. The van der Waals surface area contributed by atoms with Crippen molar-refractivity contribution >= 4 is 23.6 Å². The summed E-state index contributed by atoms with van der Waals surface area (Å²) in [5, 5.41) is 9.21. The van der Waals surface area contributed by atoms with E-state index in [4.69, 9.17) is 16.7 Å². The molecule has 3 heteroatoms. The van der Waals surface area contributed by atoms with E-state index in [1.807, 2.05) is 0 Å². The van der Waals surface area contributed by atoms with Crippen molar-refractivity contribution in [2.45, 2.75) is 6.92 Å². The van der Waals surface area contributed by atoms with Crippen LogP contribution in [0.4, 0.5) is 0 Å². The van der Waals surface area contributed by atoms with Crippen LogP contribution in [0.15, 0.2) is 29.8 Å². The van der Waals surface area contributed by atoms with Crippen molar-refractivity contribution in [2.24, 2.45) is 0 Å².